The number of hydrogen-bond acceptors (Lipinski definition) is 4. The predicted octanol–water partition coefficient (Wildman–Crippen LogP) is 1.10. The van der Waals surface area contributed by atoms with Crippen LogP contribution in [0.3, 0.4) is 0 Å². The highest BCUT2D eigenvalue weighted by molar-refractivity contribution is 5.69. The SMILES string of the molecule is O=C(CC1CCNC1)OCC1CCCCO1. The van der Waals surface area contributed by atoms with E-state index in [9.17, 15) is 4.79 Å². The van der Waals surface area contributed by atoms with Gasteiger partial charge in [-0.15, -0.1) is 0 Å². The molecule has 0 aliphatic carbocycles. The fraction of sp³-hybridized carbons (Fsp3) is 0.917. The summed E-state index contributed by atoms with van der Waals surface area (Å²) >= 11 is 0. The van der Waals surface area contributed by atoms with Crippen molar-refractivity contribution in [2.75, 3.05) is 26.3 Å². The summed E-state index contributed by atoms with van der Waals surface area (Å²) in [5.74, 6) is 0.405. The van der Waals surface area contributed by atoms with E-state index in [1.807, 2.05) is 0 Å². The molecule has 0 aromatic heterocycles. The van der Waals surface area contributed by atoms with Crippen LogP contribution in [-0.2, 0) is 14.3 Å². The summed E-state index contributed by atoms with van der Waals surface area (Å²) in [6, 6.07) is 0. The van der Waals surface area contributed by atoms with Crippen LogP contribution in [-0.4, -0.2) is 38.4 Å². The highest BCUT2D eigenvalue weighted by Crippen LogP contribution is 2.15. The molecule has 0 bridgehead atoms. The molecule has 2 fully saturated rings. The molecule has 2 saturated heterocycles. The highest BCUT2D eigenvalue weighted by Gasteiger charge is 2.20. The van der Waals surface area contributed by atoms with Gasteiger partial charge in [-0.05, 0) is 44.7 Å². The number of nitrogens with one attached hydrogen (secondary N) is 1. The lowest BCUT2D eigenvalue weighted by Gasteiger charge is -2.22. The van der Waals surface area contributed by atoms with Crippen LogP contribution < -0.4 is 5.32 Å². The molecule has 0 radical (unpaired) electrons. The fourth-order valence-corrected chi connectivity index (χ4v) is 2.31. The first-order chi connectivity index (χ1) is 7.84. The first-order valence-corrected chi connectivity index (χ1v) is 6.32. The number of carbonyl (C=O) groups is 1. The lowest BCUT2D eigenvalue weighted by atomic mass is 10.1. The summed E-state index contributed by atoms with van der Waals surface area (Å²) < 4.78 is 10.8. The van der Waals surface area contributed by atoms with Crippen molar-refractivity contribution in [1.82, 2.24) is 5.32 Å². The molecule has 2 aliphatic heterocycles. The Labute approximate surface area is 96.7 Å². The Morgan fingerprint density at radius 2 is 2.31 bits per heavy atom. The van der Waals surface area contributed by atoms with Gasteiger partial charge in [-0.1, -0.05) is 0 Å². The Morgan fingerprint density at radius 1 is 1.38 bits per heavy atom. The van der Waals surface area contributed by atoms with Crippen LogP contribution in [0, 0.1) is 5.92 Å². The third kappa shape index (κ3) is 3.76. The average Bonchev–Trinajstić information content (AvgIpc) is 2.81. The van der Waals surface area contributed by atoms with E-state index in [0.29, 0.717) is 18.9 Å². The molecule has 4 nitrogen and oxygen atoms in total. The maximum atomic E-state index is 11.5. The zero-order chi connectivity index (χ0) is 11.2. The predicted molar refractivity (Wildman–Crippen MR) is 60.1 cm³/mol. The van der Waals surface area contributed by atoms with Gasteiger partial charge >= 0.3 is 5.97 Å². The van der Waals surface area contributed by atoms with Crippen molar-refractivity contribution in [2.24, 2.45) is 5.92 Å². The Bertz CT molecular complexity index is 220. The number of carbonyl (C=O) groups excluding carboxylic acids is 1. The number of ether oxygens (including phenoxy) is 2. The van der Waals surface area contributed by atoms with Gasteiger partial charge in [-0.3, -0.25) is 4.79 Å². The Kier molecular flexibility index (Phi) is 4.60. The van der Waals surface area contributed by atoms with E-state index in [2.05, 4.69) is 5.32 Å². The molecule has 92 valence electrons. The second-order valence-electron chi connectivity index (χ2n) is 4.73. The Hall–Kier alpha value is -0.610. The topological polar surface area (TPSA) is 47.6 Å². The molecule has 2 unspecified atom stereocenters. The van der Waals surface area contributed by atoms with Crippen LogP contribution in [0.4, 0.5) is 0 Å². The standard InChI is InChI=1S/C12H21NO3/c14-12(7-10-4-5-13-8-10)16-9-11-3-1-2-6-15-11/h10-11,13H,1-9H2. The van der Waals surface area contributed by atoms with E-state index >= 15 is 0 Å². The van der Waals surface area contributed by atoms with Crippen LogP contribution in [0.1, 0.15) is 32.1 Å². The molecule has 4 heteroatoms. The summed E-state index contributed by atoms with van der Waals surface area (Å²) in [5, 5.41) is 3.25. The van der Waals surface area contributed by atoms with Gasteiger partial charge in [0.2, 0.25) is 0 Å². The van der Waals surface area contributed by atoms with Crippen molar-refractivity contribution in [3.8, 4) is 0 Å². The van der Waals surface area contributed by atoms with E-state index in [1.165, 1.54) is 6.42 Å². The quantitative estimate of drug-likeness (QED) is 0.731. The molecule has 2 aliphatic rings. The highest BCUT2D eigenvalue weighted by atomic mass is 16.6. The van der Waals surface area contributed by atoms with Gasteiger partial charge in [-0.2, -0.15) is 0 Å². The monoisotopic (exact) mass is 227 g/mol. The molecule has 2 rings (SSSR count). The second kappa shape index (κ2) is 6.21. The largest absolute Gasteiger partial charge is 0.463 e. The lowest BCUT2D eigenvalue weighted by molar-refractivity contribution is -0.150. The van der Waals surface area contributed by atoms with Crippen molar-refractivity contribution in [3.63, 3.8) is 0 Å². The number of rotatable bonds is 4. The van der Waals surface area contributed by atoms with Crippen LogP contribution in [0.5, 0.6) is 0 Å². The summed E-state index contributed by atoms with van der Waals surface area (Å²) in [5.41, 5.74) is 0. The normalized spacial score (nSPS) is 30.2. The minimum atomic E-state index is -0.0668. The van der Waals surface area contributed by atoms with Gasteiger partial charge < -0.3 is 14.8 Å². The molecule has 0 spiro atoms. The number of esters is 1. The molecular weight excluding hydrogens is 206 g/mol. The van der Waals surface area contributed by atoms with Crippen molar-refractivity contribution < 1.29 is 14.3 Å². The van der Waals surface area contributed by atoms with Crippen molar-refractivity contribution in [2.45, 2.75) is 38.2 Å². The van der Waals surface area contributed by atoms with Gasteiger partial charge in [0.15, 0.2) is 0 Å². The van der Waals surface area contributed by atoms with Crippen LogP contribution in [0.25, 0.3) is 0 Å². The molecular formula is C12H21NO3. The summed E-state index contributed by atoms with van der Waals surface area (Å²) in [6.07, 6.45) is 5.14. The second-order valence-corrected chi connectivity index (χ2v) is 4.73. The van der Waals surface area contributed by atoms with E-state index in [0.717, 1.165) is 39.0 Å². The minimum Gasteiger partial charge on any atom is -0.463 e. The van der Waals surface area contributed by atoms with Gasteiger partial charge in [0.1, 0.15) is 6.61 Å². The zero-order valence-electron chi connectivity index (χ0n) is 9.74. The molecule has 2 heterocycles. The maximum Gasteiger partial charge on any atom is 0.306 e. The molecule has 2 atom stereocenters. The smallest absolute Gasteiger partial charge is 0.306 e. The molecule has 0 aromatic carbocycles. The summed E-state index contributed by atoms with van der Waals surface area (Å²) in [7, 11) is 0. The summed E-state index contributed by atoms with van der Waals surface area (Å²) in [6.45, 7) is 3.24. The van der Waals surface area contributed by atoms with Gasteiger partial charge in [-0.25, -0.2) is 0 Å². The fourth-order valence-electron chi connectivity index (χ4n) is 2.31. The Morgan fingerprint density at radius 3 is 3.00 bits per heavy atom. The Balaban J connectivity index is 1.59. The molecule has 0 amide bonds. The van der Waals surface area contributed by atoms with Crippen LogP contribution >= 0.6 is 0 Å². The average molecular weight is 227 g/mol. The van der Waals surface area contributed by atoms with E-state index in [-0.39, 0.29) is 12.1 Å². The van der Waals surface area contributed by atoms with Crippen LogP contribution in [0.2, 0.25) is 0 Å². The summed E-state index contributed by atoms with van der Waals surface area (Å²) in [4.78, 5) is 11.5. The molecule has 0 saturated carbocycles. The van der Waals surface area contributed by atoms with Crippen molar-refractivity contribution in [3.05, 3.63) is 0 Å². The van der Waals surface area contributed by atoms with Crippen molar-refractivity contribution >= 4 is 5.97 Å². The van der Waals surface area contributed by atoms with Gasteiger partial charge in [0, 0.05) is 13.0 Å². The zero-order valence-corrected chi connectivity index (χ0v) is 9.74. The third-order valence-corrected chi connectivity index (χ3v) is 3.32. The van der Waals surface area contributed by atoms with Gasteiger partial charge in [0.25, 0.3) is 0 Å². The minimum absolute atomic E-state index is 0.0668. The van der Waals surface area contributed by atoms with E-state index in [4.69, 9.17) is 9.47 Å². The van der Waals surface area contributed by atoms with Crippen LogP contribution in [0.15, 0.2) is 0 Å². The van der Waals surface area contributed by atoms with Gasteiger partial charge in [0.05, 0.1) is 6.10 Å². The molecule has 1 N–H and O–H groups in total. The van der Waals surface area contributed by atoms with E-state index < -0.39 is 0 Å². The first-order valence-electron chi connectivity index (χ1n) is 6.32. The molecule has 0 aromatic rings. The maximum absolute atomic E-state index is 11.5. The van der Waals surface area contributed by atoms with E-state index in [1.54, 1.807) is 0 Å². The lowest BCUT2D eigenvalue weighted by Crippen LogP contribution is -2.26. The third-order valence-electron chi connectivity index (χ3n) is 3.32. The number of hydrogen-bond donors (Lipinski definition) is 1. The first kappa shape index (κ1) is 11.9. The molecule has 16 heavy (non-hydrogen) atoms. The van der Waals surface area contributed by atoms with Crippen molar-refractivity contribution in [1.29, 1.82) is 0 Å².